The van der Waals surface area contributed by atoms with Gasteiger partial charge in [-0.25, -0.2) is 19.7 Å². The summed E-state index contributed by atoms with van der Waals surface area (Å²) in [4.78, 5) is 45.5. The molecule has 2 atom stereocenters. The van der Waals surface area contributed by atoms with Crippen molar-refractivity contribution in [2.24, 2.45) is 5.10 Å². The lowest BCUT2D eigenvalue weighted by Crippen LogP contribution is -2.45. The minimum atomic E-state index is -1.08. The van der Waals surface area contributed by atoms with Crippen LogP contribution in [0, 0.1) is 5.82 Å². The summed E-state index contributed by atoms with van der Waals surface area (Å²) in [5.74, 6) is -2.74. The van der Waals surface area contributed by atoms with Crippen LogP contribution in [0.25, 0.3) is 6.08 Å². The molecule has 0 aromatic heterocycles. The number of fused-ring (bicyclic) bond motifs is 1. The molecule has 48 heavy (non-hydrogen) atoms. The molecule has 3 heterocycles. The Labute approximate surface area is 282 Å². The molecule has 0 spiro atoms. The maximum atomic E-state index is 15.4. The molecular formula is C34H36ClFN8O4. The highest BCUT2D eigenvalue weighted by Gasteiger charge is 2.38. The van der Waals surface area contributed by atoms with Crippen molar-refractivity contribution in [3.63, 3.8) is 0 Å². The van der Waals surface area contributed by atoms with E-state index < -0.39 is 29.6 Å². The number of carbonyl (C=O) groups is 3. The highest BCUT2D eigenvalue weighted by atomic mass is 35.5. The Balaban J connectivity index is 1.35. The lowest BCUT2D eigenvalue weighted by molar-refractivity contribution is -0.135. The maximum absolute atomic E-state index is 15.4. The minimum absolute atomic E-state index is 0.0709. The molecule has 3 aromatic carbocycles. The second-order valence-electron chi connectivity index (χ2n) is 12.1. The van der Waals surface area contributed by atoms with E-state index in [1.54, 1.807) is 18.1 Å². The molecule has 3 N–H and O–H groups in total. The Morgan fingerprint density at radius 1 is 1.08 bits per heavy atom. The maximum Gasteiger partial charge on any atom is 0.335 e. The van der Waals surface area contributed by atoms with Gasteiger partial charge < -0.3 is 25.1 Å². The fourth-order valence-corrected chi connectivity index (χ4v) is 6.60. The molecule has 12 nitrogen and oxygen atoms in total. The van der Waals surface area contributed by atoms with E-state index in [2.05, 4.69) is 45.9 Å². The molecule has 3 aliphatic rings. The third-order valence-corrected chi connectivity index (χ3v) is 9.30. The molecule has 0 saturated carbocycles. The predicted molar refractivity (Wildman–Crippen MR) is 183 cm³/mol. The van der Waals surface area contributed by atoms with Gasteiger partial charge in [0.2, 0.25) is 5.91 Å². The summed E-state index contributed by atoms with van der Waals surface area (Å²) < 4.78 is 15.4. The second-order valence-corrected chi connectivity index (χ2v) is 12.5. The molecule has 0 aliphatic carbocycles. The van der Waals surface area contributed by atoms with Crippen LogP contribution in [0.3, 0.4) is 0 Å². The van der Waals surface area contributed by atoms with Crippen molar-refractivity contribution in [3.8, 4) is 0 Å². The highest BCUT2D eigenvalue weighted by molar-refractivity contribution is 6.31. The van der Waals surface area contributed by atoms with Gasteiger partial charge in [-0.05, 0) is 86.6 Å². The molecule has 1 fully saturated rings. The van der Waals surface area contributed by atoms with E-state index in [0.717, 1.165) is 30.8 Å². The van der Waals surface area contributed by atoms with Gasteiger partial charge in [-0.3, -0.25) is 9.59 Å². The first kappa shape index (κ1) is 32.9. The Morgan fingerprint density at radius 3 is 2.52 bits per heavy atom. The van der Waals surface area contributed by atoms with Crippen molar-refractivity contribution >= 4 is 58.9 Å². The van der Waals surface area contributed by atoms with E-state index in [0.29, 0.717) is 29.4 Å². The smallest absolute Gasteiger partial charge is 0.335 e. The van der Waals surface area contributed by atoms with Crippen molar-refractivity contribution < 1.29 is 23.9 Å². The number of hydrazone groups is 1. The lowest BCUT2D eigenvalue weighted by Gasteiger charge is -2.38. The van der Waals surface area contributed by atoms with Gasteiger partial charge in [-0.1, -0.05) is 23.7 Å². The van der Waals surface area contributed by atoms with E-state index in [1.807, 2.05) is 12.1 Å². The molecule has 0 bridgehead atoms. The molecule has 6 rings (SSSR count). The van der Waals surface area contributed by atoms with E-state index >= 15 is 4.39 Å². The molecular weight excluding hydrogens is 639 g/mol. The zero-order valence-corrected chi connectivity index (χ0v) is 27.5. The number of anilines is 3. The first-order valence-corrected chi connectivity index (χ1v) is 15.9. The van der Waals surface area contributed by atoms with Crippen LogP contribution in [0.4, 0.5) is 21.5 Å². The number of aromatic carboxylic acids is 1. The summed E-state index contributed by atoms with van der Waals surface area (Å²) in [6.45, 7) is 1.96. The number of carboxylic acids is 1. The highest BCUT2D eigenvalue weighted by Crippen LogP contribution is 2.38. The average molecular weight is 675 g/mol. The summed E-state index contributed by atoms with van der Waals surface area (Å²) >= 11 is 6.14. The summed E-state index contributed by atoms with van der Waals surface area (Å²) in [5, 5.41) is 19.1. The van der Waals surface area contributed by atoms with Gasteiger partial charge in [0.15, 0.2) is 5.82 Å². The first-order valence-electron chi connectivity index (χ1n) is 15.5. The van der Waals surface area contributed by atoms with Crippen LogP contribution < -0.4 is 20.8 Å². The van der Waals surface area contributed by atoms with E-state index in [4.69, 9.17) is 11.6 Å². The van der Waals surface area contributed by atoms with Crippen LogP contribution in [0.5, 0.6) is 0 Å². The summed E-state index contributed by atoms with van der Waals surface area (Å²) in [6.07, 6.45) is 5.60. The first-order chi connectivity index (χ1) is 23.0. The SMILES string of the molecule is CN(C)[C@@H]1CCN(c2cccc3c2CCN(C(=O)/C=C/c2c(N4C=NNN4C)ccc(Cl)c2F)[C@H]3C(=O)Nc2ccc(C(=O)O)cc2)C1. The van der Waals surface area contributed by atoms with E-state index in [9.17, 15) is 19.5 Å². The number of nitrogens with one attached hydrogen (secondary N) is 2. The van der Waals surface area contributed by atoms with Gasteiger partial charge >= 0.3 is 5.97 Å². The number of carboxylic acid groups (broad SMARTS) is 1. The number of hydrogen-bond acceptors (Lipinski definition) is 9. The normalized spacial score (nSPS) is 19.2. The van der Waals surface area contributed by atoms with Crippen LogP contribution >= 0.6 is 11.6 Å². The number of nitrogens with zero attached hydrogens (tertiary/aromatic N) is 6. The number of halogens is 2. The Morgan fingerprint density at radius 2 is 1.85 bits per heavy atom. The third-order valence-electron chi connectivity index (χ3n) is 9.00. The summed E-state index contributed by atoms with van der Waals surface area (Å²) in [5.41, 5.74) is 6.40. The van der Waals surface area contributed by atoms with Crippen molar-refractivity contribution in [3.05, 3.63) is 93.8 Å². The van der Waals surface area contributed by atoms with Crippen LogP contribution in [0.2, 0.25) is 5.02 Å². The molecule has 3 aliphatic heterocycles. The minimum Gasteiger partial charge on any atom is -0.478 e. The molecule has 3 aromatic rings. The number of hydrazine groups is 2. The summed E-state index contributed by atoms with van der Waals surface area (Å²) in [7, 11) is 5.83. The zero-order valence-electron chi connectivity index (χ0n) is 26.7. The van der Waals surface area contributed by atoms with Gasteiger partial charge in [-0.2, -0.15) is 5.10 Å². The number of carbonyl (C=O) groups excluding carboxylic acids is 2. The van der Waals surface area contributed by atoms with Crippen molar-refractivity contribution in [1.29, 1.82) is 0 Å². The Kier molecular flexibility index (Phi) is 9.35. The van der Waals surface area contributed by atoms with Crippen LogP contribution in [0.15, 0.2) is 65.8 Å². The number of amides is 2. The van der Waals surface area contributed by atoms with Gasteiger partial charge in [-0.15, -0.1) is 5.12 Å². The average Bonchev–Trinajstić information content (AvgIpc) is 3.74. The Hall–Kier alpha value is -4.98. The topological polar surface area (TPSA) is 124 Å². The van der Waals surface area contributed by atoms with Crippen molar-refractivity contribution in [2.75, 3.05) is 56.0 Å². The zero-order chi connectivity index (χ0) is 34.1. The van der Waals surface area contributed by atoms with Gasteiger partial charge in [0.25, 0.3) is 5.91 Å². The summed E-state index contributed by atoms with van der Waals surface area (Å²) in [6, 6.07) is 14.1. The number of rotatable bonds is 8. The molecule has 1 saturated heterocycles. The number of benzene rings is 3. The number of likely N-dealkylation sites (N-methyl/N-ethyl adjacent to an activating group) is 1. The monoisotopic (exact) mass is 674 g/mol. The number of hydrogen-bond donors (Lipinski definition) is 3. The fourth-order valence-electron chi connectivity index (χ4n) is 6.43. The molecule has 0 radical (unpaired) electrons. The molecule has 250 valence electrons. The van der Waals surface area contributed by atoms with E-state index in [1.165, 1.54) is 58.8 Å². The van der Waals surface area contributed by atoms with Crippen LogP contribution in [-0.4, -0.2) is 91.0 Å². The van der Waals surface area contributed by atoms with Gasteiger partial charge in [0.1, 0.15) is 12.4 Å². The lowest BCUT2D eigenvalue weighted by atomic mass is 9.90. The van der Waals surface area contributed by atoms with Crippen molar-refractivity contribution in [2.45, 2.75) is 24.9 Å². The fraction of sp³-hybridized carbons (Fsp3) is 0.294. The molecule has 14 heteroatoms. The van der Waals surface area contributed by atoms with Crippen molar-refractivity contribution in [1.82, 2.24) is 20.5 Å². The third kappa shape index (κ3) is 6.44. The Bertz CT molecular complexity index is 1800. The standard InChI is InChI=1S/C34H36ClFN8O4/c1-40(2)23-15-17-42(19-23)28-6-4-5-25-24(28)16-18-43(32(25)33(46)38-22-9-7-21(8-10-22)34(47)48)30(45)14-11-26-29(13-12-27(35)31(26)36)44-20-37-39-41(44)3/h4-14,20,23,32,39H,15-19H2,1-3H3,(H,38,46)(H,47,48)/b14-11+/t23-,32-/m1/s1. The van der Waals surface area contributed by atoms with Crippen LogP contribution in [0.1, 0.15) is 39.5 Å². The predicted octanol–water partition coefficient (Wildman–Crippen LogP) is 4.21. The van der Waals surface area contributed by atoms with Gasteiger partial charge in [0, 0.05) is 55.7 Å². The van der Waals surface area contributed by atoms with E-state index in [-0.39, 0.29) is 22.7 Å². The quantitative estimate of drug-likeness (QED) is 0.302. The van der Waals surface area contributed by atoms with Gasteiger partial charge in [0.05, 0.1) is 16.3 Å². The second kappa shape index (κ2) is 13.6. The molecule has 2 amide bonds. The molecule has 0 unspecified atom stereocenters. The largest absolute Gasteiger partial charge is 0.478 e. The van der Waals surface area contributed by atoms with Crippen LogP contribution in [-0.2, 0) is 16.0 Å².